The molecule has 1 fully saturated rings. The molecule has 6 heteroatoms. The van der Waals surface area contributed by atoms with Gasteiger partial charge in [-0.2, -0.15) is 5.10 Å². The summed E-state index contributed by atoms with van der Waals surface area (Å²) < 4.78 is 0. The van der Waals surface area contributed by atoms with Crippen LogP contribution < -0.4 is 4.90 Å². The Kier molecular flexibility index (Phi) is 6.69. The van der Waals surface area contributed by atoms with E-state index in [4.69, 9.17) is 0 Å². The second-order valence-corrected chi connectivity index (χ2v) is 8.40. The van der Waals surface area contributed by atoms with Crippen LogP contribution in [0.2, 0.25) is 0 Å². The minimum Gasteiger partial charge on any atom is -0.342 e. The van der Waals surface area contributed by atoms with E-state index in [2.05, 4.69) is 16.3 Å². The largest absolute Gasteiger partial charge is 0.342 e. The van der Waals surface area contributed by atoms with E-state index in [0.29, 0.717) is 31.6 Å². The molecule has 1 aliphatic rings. The Bertz CT molecular complexity index is 1070. The number of nitrogens with one attached hydrogen (secondary N) is 1. The van der Waals surface area contributed by atoms with Gasteiger partial charge in [-0.25, -0.2) is 0 Å². The molecule has 1 aromatic heterocycles. The van der Waals surface area contributed by atoms with Crippen molar-refractivity contribution in [3.63, 3.8) is 0 Å². The number of benzene rings is 2. The molecule has 0 unspecified atom stereocenters. The SMILES string of the molecule is CCN(C(=O)c1cn[nH]c1C1CCN(C(=O)Cc2cccc(C)c2)CC1)c1ccccc1. The number of aromatic nitrogens is 2. The maximum absolute atomic E-state index is 13.3. The summed E-state index contributed by atoms with van der Waals surface area (Å²) in [5.41, 5.74) is 4.61. The number of H-pyrrole nitrogens is 1. The molecule has 4 rings (SSSR count). The van der Waals surface area contributed by atoms with Gasteiger partial charge in [-0.1, -0.05) is 48.0 Å². The van der Waals surface area contributed by atoms with Gasteiger partial charge < -0.3 is 9.80 Å². The Labute approximate surface area is 189 Å². The lowest BCUT2D eigenvalue weighted by molar-refractivity contribution is -0.131. The average Bonchev–Trinajstić information content (AvgIpc) is 3.30. The van der Waals surface area contributed by atoms with Crippen molar-refractivity contribution >= 4 is 17.5 Å². The van der Waals surface area contributed by atoms with E-state index in [1.54, 1.807) is 11.1 Å². The van der Waals surface area contributed by atoms with Crippen molar-refractivity contribution in [3.8, 4) is 0 Å². The summed E-state index contributed by atoms with van der Waals surface area (Å²) in [5.74, 6) is 0.311. The number of carbonyl (C=O) groups excluding carboxylic acids is 2. The van der Waals surface area contributed by atoms with Gasteiger partial charge in [0, 0.05) is 31.2 Å². The van der Waals surface area contributed by atoms with E-state index in [1.165, 1.54) is 5.56 Å². The molecule has 6 nitrogen and oxygen atoms in total. The monoisotopic (exact) mass is 430 g/mol. The first-order valence-corrected chi connectivity index (χ1v) is 11.3. The summed E-state index contributed by atoms with van der Waals surface area (Å²) in [5, 5.41) is 7.27. The fraction of sp³-hybridized carbons (Fsp3) is 0.346. The normalized spacial score (nSPS) is 14.4. The van der Waals surface area contributed by atoms with Crippen LogP contribution in [0.25, 0.3) is 0 Å². The quantitative estimate of drug-likeness (QED) is 0.633. The first-order valence-electron chi connectivity index (χ1n) is 11.3. The molecule has 0 aliphatic carbocycles. The van der Waals surface area contributed by atoms with Crippen molar-refractivity contribution < 1.29 is 9.59 Å². The summed E-state index contributed by atoms with van der Waals surface area (Å²) >= 11 is 0. The van der Waals surface area contributed by atoms with E-state index in [1.807, 2.05) is 67.3 Å². The predicted octanol–water partition coefficient (Wildman–Crippen LogP) is 4.33. The molecule has 0 spiro atoms. The maximum atomic E-state index is 13.3. The lowest BCUT2D eigenvalue weighted by atomic mass is 9.90. The number of nitrogens with zero attached hydrogens (tertiary/aromatic N) is 3. The zero-order valence-corrected chi connectivity index (χ0v) is 18.8. The zero-order chi connectivity index (χ0) is 22.5. The molecule has 2 aromatic carbocycles. The van der Waals surface area contributed by atoms with Gasteiger partial charge in [0.1, 0.15) is 0 Å². The topological polar surface area (TPSA) is 69.3 Å². The number of hydrogen-bond donors (Lipinski definition) is 1. The molecule has 32 heavy (non-hydrogen) atoms. The van der Waals surface area contributed by atoms with Crippen molar-refractivity contribution in [2.75, 3.05) is 24.5 Å². The van der Waals surface area contributed by atoms with Crippen LogP contribution in [0.5, 0.6) is 0 Å². The number of aromatic amines is 1. The average molecular weight is 431 g/mol. The highest BCUT2D eigenvalue weighted by molar-refractivity contribution is 6.06. The number of likely N-dealkylation sites (tertiary alicyclic amines) is 1. The summed E-state index contributed by atoms with van der Waals surface area (Å²) in [7, 11) is 0. The summed E-state index contributed by atoms with van der Waals surface area (Å²) in [6.45, 7) is 5.98. The van der Waals surface area contributed by atoms with Crippen LogP contribution in [0.15, 0.2) is 60.8 Å². The Morgan fingerprint density at radius 2 is 1.84 bits per heavy atom. The third kappa shape index (κ3) is 4.74. The van der Waals surface area contributed by atoms with E-state index in [9.17, 15) is 9.59 Å². The van der Waals surface area contributed by atoms with Gasteiger partial charge in [0.2, 0.25) is 5.91 Å². The number of amides is 2. The van der Waals surface area contributed by atoms with Gasteiger partial charge >= 0.3 is 0 Å². The van der Waals surface area contributed by atoms with Crippen molar-refractivity contribution in [2.45, 2.75) is 39.0 Å². The van der Waals surface area contributed by atoms with Gasteiger partial charge in [0.25, 0.3) is 5.91 Å². The molecular formula is C26H30N4O2. The molecule has 166 valence electrons. The number of para-hydroxylation sites is 1. The number of anilines is 1. The second kappa shape index (κ2) is 9.81. The predicted molar refractivity (Wildman–Crippen MR) is 126 cm³/mol. The Hall–Kier alpha value is -3.41. The molecule has 1 saturated heterocycles. The highest BCUT2D eigenvalue weighted by Crippen LogP contribution is 2.30. The highest BCUT2D eigenvalue weighted by Gasteiger charge is 2.29. The lowest BCUT2D eigenvalue weighted by Gasteiger charge is -2.32. The van der Waals surface area contributed by atoms with Gasteiger partial charge in [0.15, 0.2) is 0 Å². The van der Waals surface area contributed by atoms with Crippen LogP contribution in [0.3, 0.4) is 0 Å². The maximum Gasteiger partial charge on any atom is 0.261 e. The van der Waals surface area contributed by atoms with Crippen molar-refractivity contribution in [1.29, 1.82) is 0 Å². The number of rotatable bonds is 6. The first kappa shape index (κ1) is 21.8. The minimum atomic E-state index is -0.0413. The van der Waals surface area contributed by atoms with Gasteiger partial charge in [-0.05, 0) is 44.4 Å². The Morgan fingerprint density at radius 1 is 1.09 bits per heavy atom. The molecule has 1 aliphatic heterocycles. The van der Waals surface area contributed by atoms with Crippen LogP contribution in [0.4, 0.5) is 5.69 Å². The third-order valence-corrected chi connectivity index (χ3v) is 6.22. The summed E-state index contributed by atoms with van der Waals surface area (Å²) in [6.07, 6.45) is 3.71. The Balaban J connectivity index is 1.41. The van der Waals surface area contributed by atoms with Crippen molar-refractivity contribution in [1.82, 2.24) is 15.1 Å². The lowest BCUT2D eigenvalue weighted by Crippen LogP contribution is -2.39. The number of piperidine rings is 1. The number of aryl methyl sites for hydroxylation is 1. The smallest absolute Gasteiger partial charge is 0.261 e. The van der Waals surface area contributed by atoms with Crippen LogP contribution >= 0.6 is 0 Å². The van der Waals surface area contributed by atoms with E-state index >= 15 is 0 Å². The first-order chi connectivity index (χ1) is 15.6. The van der Waals surface area contributed by atoms with Crippen LogP contribution in [0.1, 0.15) is 52.9 Å². The fourth-order valence-corrected chi connectivity index (χ4v) is 4.50. The van der Waals surface area contributed by atoms with Crippen LogP contribution in [-0.2, 0) is 11.2 Å². The second-order valence-electron chi connectivity index (χ2n) is 8.40. The Morgan fingerprint density at radius 3 is 2.53 bits per heavy atom. The standard InChI is InChI=1S/C26H30N4O2/c1-3-30(22-10-5-4-6-11-22)26(32)23-18-27-28-25(23)21-12-14-29(15-13-21)24(31)17-20-9-7-8-19(2)16-20/h4-11,16,18,21H,3,12-15,17H2,1-2H3,(H,27,28). The van der Waals surface area contributed by atoms with E-state index < -0.39 is 0 Å². The molecule has 2 amide bonds. The molecule has 0 atom stereocenters. The summed E-state index contributed by atoms with van der Waals surface area (Å²) in [6, 6.07) is 17.8. The fourth-order valence-electron chi connectivity index (χ4n) is 4.50. The van der Waals surface area contributed by atoms with Crippen molar-refractivity contribution in [2.24, 2.45) is 0 Å². The molecule has 1 N–H and O–H groups in total. The van der Waals surface area contributed by atoms with Crippen LogP contribution in [-0.4, -0.2) is 46.5 Å². The zero-order valence-electron chi connectivity index (χ0n) is 18.8. The number of hydrogen-bond acceptors (Lipinski definition) is 3. The molecule has 2 heterocycles. The molecule has 0 saturated carbocycles. The van der Waals surface area contributed by atoms with Gasteiger partial charge in [-0.3, -0.25) is 14.7 Å². The van der Waals surface area contributed by atoms with Gasteiger partial charge in [0.05, 0.1) is 23.9 Å². The molecule has 0 bridgehead atoms. The summed E-state index contributed by atoms with van der Waals surface area (Å²) in [4.78, 5) is 29.8. The minimum absolute atomic E-state index is 0.0413. The molecule has 3 aromatic rings. The third-order valence-electron chi connectivity index (χ3n) is 6.22. The molecule has 0 radical (unpaired) electrons. The number of carbonyl (C=O) groups is 2. The van der Waals surface area contributed by atoms with Crippen molar-refractivity contribution in [3.05, 3.63) is 83.2 Å². The van der Waals surface area contributed by atoms with E-state index in [0.717, 1.165) is 29.8 Å². The van der Waals surface area contributed by atoms with Crippen LogP contribution in [0, 0.1) is 6.92 Å². The van der Waals surface area contributed by atoms with E-state index in [-0.39, 0.29) is 17.7 Å². The molecular weight excluding hydrogens is 400 g/mol. The highest BCUT2D eigenvalue weighted by atomic mass is 16.2. The van der Waals surface area contributed by atoms with Gasteiger partial charge in [-0.15, -0.1) is 0 Å².